The van der Waals surface area contributed by atoms with Gasteiger partial charge in [0.2, 0.25) is 0 Å². The summed E-state index contributed by atoms with van der Waals surface area (Å²) in [7, 11) is 0. The van der Waals surface area contributed by atoms with Gasteiger partial charge < -0.3 is 19.7 Å². The van der Waals surface area contributed by atoms with Crippen LogP contribution in [-0.4, -0.2) is 48.6 Å². The van der Waals surface area contributed by atoms with Crippen LogP contribution in [0, 0.1) is 11.3 Å². The molecule has 6 heteroatoms. The van der Waals surface area contributed by atoms with E-state index >= 15 is 0 Å². The quantitative estimate of drug-likeness (QED) is 0.0358. The lowest BCUT2D eigenvalue weighted by Gasteiger charge is -2.27. The van der Waals surface area contributed by atoms with Crippen LogP contribution in [-0.2, 0) is 19.1 Å². The molecule has 0 aromatic heterocycles. The molecule has 2 N–H and O–H groups in total. The van der Waals surface area contributed by atoms with Gasteiger partial charge in [-0.3, -0.25) is 9.59 Å². The van der Waals surface area contributed by atoms with Crippen LogP contribution < -0.4 is 0 Å². The van der Waals surface area contributed by atoms with Gasteiger partial charge in [-0.25, -0.2) is 0 Å². The molecule has 0 bridgehead atoms. The molecule has 1 unspecified atom stereocenters. The highest BCUT2D eigenvalue weighted by Gasteiger charge is 2.36. The van der Waals surface area contributed by atoms with Crippen molar-refractivity contribution in [1.82, 2.24) is 0 Å². The van der Waals surface area contributed by atoms with E-state index in [1.807, 2.05) is 0 Å². The zero-order valence-electron chi connectivity index (χ0n) is 49.9. The number of esters is 2. The number of carbonyl (C=O) groups excluding carboxylic acids is 2. The van der Waals surface area contributed by atoms with Gasteiger partial charge in [0.1, 0.15) is 13.2 Å². The minimum absolute atomic E-state index is 0.00521. The predicted octanol–water partition coefficient (Wildman–Crippen LogP) is 21.5. The third-order valence-corrected chi connectivity index (χ3v) is 16.8. The molecule has 0 aromatic rings. The number of cyclic esters (lactones) is 2. The molecule has 1 saturated heterocycles. The molecule has 0 aromatic carbocycles. The van der Waals surface area contributed by atoms with Crippen molar-refractivity contribution < 1.29 is 29.3 Å². The van der Waals surface area contributed by atoms with Gasteiger partial charge >= 0.3 is 11.9 Å². The fourth-order valence-electron chi connectivity index (χ4n) is 11.3. The Kier molecular flexibility index (Phi) is 55.1. The van der Waals surface area contributed by atoms with Crippen LogP contribution in [0.2, 0.25) is 0 Å². The average Bonchev–Trinajstić information content (AvgIpc) is 3.47. The fraction of sp³-hybridized carbons (Fsp3) is 0.941. The second-order valence-corrected chi connectivity index (χ2v) is 24.2. The second-order valence-electron chi connectivity index (χ2n) is 24.2. The summed E-state index contributed by atoms with van der Waals surface area (Å²) in [6.45, 7) is 1.21. The maximum absolute atomic E-state index is 12.6. The summed E-state index contributed by atoms with van der Waals surface area (Å²) in [5.74, 6) is -1.40. The molecule has 6 nitrogen and oxygen atoms in total. The molecule has 0 radical (unpaired) electrons. The highest BCUT2D eigenvalue weighted by atomic mass is 16.6. The third-order valence-electron chi connectivity index (χ3n) is 16.8. The zero-order chi connectivity index (χ0) is 53.2. The Morgan fingerprint density at radius 2 is 0.581 bits per heavy atom. The average molecular weight is 1040 g/mol. The van der Waals surface area contributed by atoms with Crippen molar-refractivity contribution in [2.24, 2.45) is 11.3 Å². The predicted molar refractivity (Wildman–Crippen MR) is 320 cm³/mol. The molecule has 74 heavy (non-hydrogen) atoms. The highest BCUT2D eigenvalue weighted by Crippen LogP contribution is 2.25. The normalized spacial score (nSPS) is 15.1. The van der Waals surface area contributed by atoms with E-state index in [-0.39, 0.29) is 19.6 Å². The van der Waals surface area contributed by atoms with Gasteiger partial charge in [-0.05, 0) is 32.1 Å². The van der Waals surface area contributed by atoms with Gasteiger partial charge in [0.15, 0.2) is 0 Å². The van der Waals surface area contributed by atoms with Gasteiger partial charge in [-0.2, -0.15) is 0 Å². The van der Waals surface area contributed by atoms with Crippen molar-refractivity contribution in [2.75, 3.05) is 26.4 Å². The van der Waals surface area contributed by atoms with Gasteiger partial charge in [0.25, 0.3) is 0 Å². The van der Waals surface area contributed by atoms with Crippen LogP contribution in [0.1, 0.15) is 373 Å². The number of carbonyl (C=O) groups is 2. The Labute approximate surface area is 462 Å². The molecule has 0 saturated carbocycles. The summed E-state index contributed by atoms with van der Waals surface area (Å²) >= 11 is 0. The number of ether oxygens (including phenoxy) is 2. The largest absolute Gasteiger partial charge is 0.465 e. The standard InChI is InChI=1S/C68H130O6/c1-2-3-4-5-6-7-8-9-10-11-12-13-14-15-16-17-18-19-20-21-22-23-24-25-26-27-28-29-30-31-32-33-34-35-36-37-38-39-40-41-42-43-44-45-46-47-48-49-50-51-52-53-54-55-56-57-58-59-65-60-66(71)73-63-68(61-69,62-70)64-74-67(65)72/h10-11,65,69-70H,2-9,12-64H2,1H3/b11-10+. The van der Waals surface area contributed by atoms with Crippen LogP contribution in [0.5, 0.6) is 0 Å². The molecule has 0 amide bonds. The van der Waals surface area contributed by atoms with Gasteiger partial charge in [-0.15, -0.1) is 0 Å². The van der Waals surface area contributed by atoms with Crippen molar-refractivity contribution in [3.63, 3.8) is 0 Å². The van der Waals surface area contributed by atoms with Gasteiger partial charge in [-0.1, -0.05) is 347 Å². The highest BCUT2D eigenvalue weighted by molar-refractivity contribution is 5.80. The molecule has 1 rings (SSSR count). The first-order chi connectivity index (χ1) is 36.6. The van der Waals surface area contributed by atoms with Crippen LogP contribution >= 0.6 is 0 Å². The number of rotatable bonds is 59. The summed E-state index contributed by atoms with van der Waals surface area (Å²) < 4.78 is 10.6. The van der Waals surface area contributed by atoms with E-state index in [9.17, 15) is 19.8 Å². The summed E-state index contributed by atoms with van der Waals surface area (Å²) in [4.78, 5) is 24.8. The number of allylic oxidation sites excluding steroid dienone is 2. The smallest absolute Gasteiger partial charge is 0.309 e. The molecule has 1 atom stereocenters. The molecule has 1 aliphatic rings. The van der Waals surface area contributed by atoms with Crippen molar-refractivity contribution in [2.45, 2.75) is 373 Å². The number of aliphatic hydroxyl groups is 2. The number of hydrogen-bond donors (Lipinski definition) is 2. The zero-order valence-corrected chi connectivity index (χ0v) is 49.9. The molecular formula is C68H130O6. The van der Waals surface area contributed by atoms with Crippen LogP contribution in [0.15, 0.2) is 12.2 Å². The number of unbranched alkanes of at least 4 members (excludes halogenated alkanes) is 53. The molecule has 1 aliphatic heterocycles. The topological polar surface area (TPSA) is 93.1 Å². The van der Waals surface area contributed by atoms with Gasteiger partial charge in [0, 0.05) is 0 Å². The van der Waals surface area contributed by atoms with E-state index in [1.54, 1.807) is 0 Å². The van der Waals surface area contributed by atoms with Crippen molar-refractivity contribution in [3.8, 4) is 0 Å². The van der Waals surface area contributed by atoms with E-state index in [0.29, 0.717) is 6.42 Å². The number of hydrogen-bond acceptors (Lipinski definition) is 6. The Hall–Kier alpha value is -1.40. The minimum Gasteiger partial charge on any atom is -0.465 e. The summed E-state index contributed by atoms with van der Waals surface area (Å²) in [6.07, 6.45) is 83.1. The van der Waals surface area contributed by atoms with Gasteiger partial charge in [0.05, 0.1) is 31.0 Å². The van der Waals surface area contributed by atoms with E-state index in [4.69, 9.17) is 9.47 Å². The molecular weight excluding hydrogens is 913 g/mol. The lowest BCUT2D eigenvalue weighted by atomic mass is 9.92. The fourth-order valence-corrected chi connectivity index (χ4v) is 11.3. The first kappa shape index (κ1) is 70.6. The van der Waals surface area contributed by atoms with Crippen LogP contribution in [0.3, 0.4) is 0 Å². The Morgan fingerprint density at radius 3 is 0.838 bits per heavy atom. The summed E-state index contributed by atoms with van der Waals surface area (Å²) in [5.41, 5.74) is -1.12. The third kappa shape index (κ3) is 48.9. The minimum atomic E-state index is -1.12. The molecule has 438 valence electrons. The van der Waals surface area contributed by atoms with Crippen molar-refractivity contribution in [1.29, 1.82) is 0 Å². The van der Waals surface area contributed by atoms with Crippen LogP contribution in [0.4, 0.5) is 0 Å². The monoisotopic (exact) mass is 1040 g/mol. The van der Waals surface area contributed by atoms with E-state index in [0.717, 1.165) is 19.3 Å². The molecule has 0 aliphatic carbocycles. The maximum atomic E-state index is 12.6. The molecule has 1 heterocycles. The SMILES string of the molecule is CCCCCCCCC/C=C/CCCCCCCCCCCCCCCCCCCCCCCCCCCCCCCCCCCCCCCCCCCCCCCCC1CC(=O)OCC(CO)(CO)COC1=O. The lowest BCUT2D eigenvalue weighted by molar-refractivity contribution is -0.155. The maximum Gasteiger partial charge on any atom is 0.309 e. The van der Waals surface area contributed by atoms with E-state index in [2.05, 4.69) is 19.1 Å². The lowest BCUT2D eigenvalue weighted by Crippen LogP contribution is -2.40. The Bertz CT molecular complexity index is 1160. The van der Waals surface area contributed by atoms with Crippen molar-refractivity contribution >= 4 is 11.9 Å². The first-order valence-electron chi connectivity index (χ1n) is 33.8. The second kappa shape index (κ2) is 57.8. The van der Waals surface area contributed by atoms with Crippen LogP contribution in [0.25, 0.3) is 0 Å². The molecule has 0 spiro atoms. The van der Waals surface area contributed by atoms with E-state index < -0.39 is 36.5 Å². The first-order valence-corrected chi connectivity index (χ1v) is 33.8. The Balaban J connectivity index is 1.66. The summed E-state index contributed by atoms with van der Waals surface area (Å²) in [5, 5.41) is 19.2. The molecule has 1 fully saturated rings. The summed E-state index contributed by atoms with van der Waals surface area (Å²) in [6, 6.07) is 0. The van der Waals surface area contributed by atoms with E-state index in [1.165, 1.54) is 334 Å². The number of aliphatic hydroxyl groups excluding tert-OH is 2. The Morgan fingerprint density at radius 1 is 0.351 bits per heavy atom. The van der Waals surface area contributed by atoms with Crippen molar-refractivity contribution in [3.05, 3.63) is 12.2 Å².